The Kier molecular flexibility index (Phi) is 5.58. The van der Waals surface area contributed by atoms with E-state index in [1.165, 1.54) is 7.11 Å². The predicted molar refractivity (Wildman–Crippen MR) is 96.0 cm³/mol. The van der Waals surface area contributed by atoms with Crippen molar-refractivity contribution < 1.29 is 14.3 Å². The van der Waals surface area contributed by atoms with Crippen LogP contribution >= 0.6 is 0 Å². The Labute approximate surface area is 148 Å². The van der Waals surface area contributed by atoms with E-state index in [-0.39, 0.29) is 23.9 Å². The van der Waals surface area contributed by atoms with Gasteiger partial charge in [-0.25, -0.2) is 4.79 Å². The molecule has 1 aromatic carbocycles. The van der Waals surface area contributed by atoms with E-state index in [1.807, 2.05) is 29.2 Å². The molecule has 0 heterocycles. The molecule has 3 rings (SSSR count). The van der Waals surface area contributed by atoms with Gasteiger partial charge in [0.2, 0.25) is 5.91 Å². The molecule has 6 nitrogen and oxygen atoms in total. The van der Waals surface area contributed by atoms with Crippen LogP contribution in [-0.2, 0) is 16.1 Å². The van der Waals surface area contributed by atoms with Crippen LogP contribution in [0.25, 0.3) is 0 Å². The molecular formula is C19H27N3O3. The van der Waals surface area contributed by atoms with Crippen LogP contribution in [0.4, 0.5) is 10.5 Å². The van der Waals surface area contributed by atoms with Crippen molar-refractivity contribution >= 4 is 17.7 Å². The first-order chi connectivity index (χ1) is 12.1. The van der Waals surface area contributed by atoms with Crippen LogP contribution in [0, 0.1) is 5.92 Å². The minimum absolute atomic E-state index is 0.201. The quantitative estimate of drug-likeness (QED) is 0.859. The van der Waals surface area contributed by atoms with Gasteiger partial charge in [0.25, 0.3) is 0 Å². The summed E-state index contributed by atoms with van der Waals surface area (Å²) in [7, 11) is 1.34. The fraction of sp³-hybridized carbons (Fsp3) is 0.579. The van der Waals surface area contributed by atoms with Gasteiger partial charge in [-0.15, -0.1) is 0 Å². The van der Waals surface area contributed by atoms with Crippen LogP contribution in [0.5, 0.6) is 0 Å². The molecule has 0 aliphatic heterocycles. The molecule has 2 amide bonds. The zero-order valence-electron chi connectivity index (χ0n) is 14.7. The largest absolute Gasteiger partial charge is 0.453 e. The summed E-state index contributed by atoms with van der Waals surface area (Å²) in [5.41, 5.74) is 7.71. The van der Waals surface area contributed by atoms with Gasteiger partial charge >= 0.3 is 6.09 Å². The number of amides is 2. The molecular weight excluding hydrogens is 318 g/mol. The number of rotatable bonds is 5. The fourth-order valence-electron chi connectivity index (χ4n) is 3.48. The highest BCUT2D eigenvalue weighted by Crippen LogP contribution is 2.34. The van der Waals surface area contributed by atoms with E-state index in [9.17, 15) is 9.59 Å². The molecule has 1 aromatic rings. The number of benzene rings is 1. The lowest BCUT2D eigenvalue weighted by atomic mass is 9.90. The average Bonchev–Trinajstić information content (AvgIpc) is 3.45. The van der Waals surface area contributed by atoms with Crippen LogP contribution in [0.3, 0.4) is 0 Å². The number of carbonyl (C=O) groups is 2. The van der Waals surface area contributed by atoms with Crippen LogP contribution in [0.1, 0.15) is 44.1 Å². The van der Waals surface area contributed by atoms with Crippen LogP contribution in [0.15, 0.2) is 24.3 Å². The first-order valence-corrected chi connectivity index (χ1v) is 9.07. The molecule has 136 valence electrons. The van der Waals surface area contributed by atoms with E-state index in [4.69, 9.17) is 5.73 Å². The number of methoxy groups -OCH3 is 1. The third kappa shape index (κ3) is 4.72. The second-order valence-corrected chi connectivity index (χ2v) is 7.13. The molecule has 2 aliphatic carbocycles. The summed E-state index contributed by atoms with van der Waals surface area (Å²) in [5.74, 6) is 0.471. The van der Waals surface area contributed by atoms with Gasteiger partial charge in [0.1, 0.15) is 0 Å². The van der Waals surface area contributed by atoms with Crippen molar-refractivity contribution in [3.05, 3.63) is 29.8 Å². The van der Waals surface area contributed by atoms with E-state index >= 15 is 0 Å². The fourth-order valence-corrected chi connectivity index (χ4v) is 3.48. The number of ether oxygens (including phenoxy) is 1. The first-order valence-electron chi connectivity index (χ1n) is 9.07. The van der Waals surface area contributed by atoms with Crippen LogP contribution < -0.4 is 11.1 Å². The zero-order chi connectivity index (χ0) is 17.8. The van der Waals surface area contributed by atoms with Gasteiger partial charge in [-0.3, -0.25) is 10.1 Å². The molecule has 0 spiro atoms. The van der Waals surface area contributed by atoms with Gasteiger partial charge in [0.05, 0.1) is 7.11 Å². The summed E-state index contributed by atoms with van der Waals surface area (Å²) in [4.78, 5) is 26.2. The number of hydrogen-bond donors (Lipinski definition) is 2. The summed E-state index contributed by atoms with van der Waals surface area (Å²) < 4.78 is 4.63. The van der Waals surface area contributed by atoms with Gasteiger partial charge in [-0.05, 0) is 56.2 Å². The SMILES string of the molecule is COC(=O)Nc1cccc(CN(C(=O)C2CC2)C2CCC(N)CC2)c1. The number of nitrogens with zero attached hydrogens (tertiary/aromatic N) is 1. The monoisotopic (exact) mass is 345 g/mol. The maximum Gasteiger partial charge on any atom is 0.411 e. The smallest absolute Gasteiger partial charge is 0.411 e. The molecule has 2 saturated carbocycles. The molecule has 3 N–H and O–H groups in total. The van der Waals surface area contributed by atoms with E-state index in [0.29, 0.717) is 12.2 Å². The normalized spacial score (nSPS) is 23.0. The number of anilines is 1. The third-order valence-corrected chi connectivity index (χ3v) is 5.10. The standard InChI is InChI=1S/C19H27N3O3/c1-25-19(24)21-16-4-2-3-13(11-16)12-22(18(23)14-5-6-14)17-9-7-15(20)8-10-17/h2-4,11,14-15,17H,5-10,12,20H2,1H3,(H,21,24). The second-order valence-electron chi connectivity index (χ2n) is 7.13. The number of nitrogens with two attached hydrogens (primary N) is 1. The lowest BCUT2D eigenvalue weighted by molar-refractivity contribution is -0.136. The highest BCUT2D eigenvalue weighted by Gasteiger charge is 2.37. The summed E-state index contributed by atoms with van der Waals surface area (Å²) in [6.07, 6.45) is 5.41. The highest BCUT2D eigenvalue weighted by molar-refractivity contribution is 5.84. The van der Waals surface area contributed by atoms with Gasteiger partial charge < -0.3 is 15.4 Å². The number of nitrogens with one attached hydrogen (secondary N) is 1. The first kappa shape index (κ1) is 17.7. The molecule has 0 atom stereocenters. The van der Waals surface area contributed by atoms with E-state index in [0.717, 1.165) is 44.1 Å². The van der Waals surface area contributed by atoms with E-state index in [2.05, 4.69) is 10.1 Å². The minimum Gasteiger partial charge on any atom is -0.453 e. The van der Waals surface area contributed by atoms with Crippen molar-refractivity contribution in [2.75, 3.05) is 12.4 Å². The molecule has 2 aliphatic rings. The van der Waals surface area contributed by atoms with Gasteiger partial charge in [0.15, 0.2) is 0 Å². The lowest BCUT2D eigenvalue weighted by Crippen LogP contribution is -2.44. The van der Waals surface area contributed by atoms with Crippen molar-refractivity contribution in [1.29, 1.82) is 0 Å². The zero-order valence-corrected chi connectivity index (χ0v) is 14.7. The molecule has 0 aromatic heterocycles. The number of carbonyl (C=O) groups excluding carboxylic acids is 2. The lowest BCUT2D eigenvalue weighted by Gasteiger charge is -2.36. The maximum absolute atomic E-state index is 12.8. The maximum atomic E-state index is 12.8. The molecule has 0 radical (unpaired) electrons. The van der Waals surface area contributed by atoms with Crippen molar-refractivity contribution in [2.24, 2.45) is 11.7 Å². The van der Waals surface area contributed by atoms with Crippen molar-refractivity contribution in [2.45, 2.75) is 57.2 Å². The summed E-state index contributed by atoms with van der Waals surface area (Å²) in [6, 6.07) is 8.12. The van der Waals surface area contributed by atoms with Crippen molar-refractivity contribution in [3.63, 3.8) is 0 Å². The molecule has 0 unspecified atom stereocenters. The van der Waals surface area contributed by atoms with Crippen molar-refractivity contribution in [1.82, 2.24) is 4.90 Å². The second kappa shape index (κ2) is 7.87. The molecule has 0 saturated heterocycles. The summed E-state index contributed by atoms with van der Waals surface area (Å²) in [6.45, 7) is 0.575. The number of hydrogen-bond acceptors (Lipinski definition) is 4. The molecule has 25 heavy (non-hydrogen) atoms. The summed E-state index contributed by atoms with van der Waals surface area (Å²) in [5, 5.41) is 2.67. The third-order valence-electron chi connectivity index (χ3n) is 5.10. The van der Waals surface area contributed by atoms with Gasteiger partial charge in [-0.2, -0.15) is 0 Å². The molecule has 6 heteroatoms. The van der Waals surface area contributed by atoms with Crippen LogP contribution in [-0.4, -0.2) is 36.1 Å². The van der Waals surface area contributed by atoms with Crippen molar-refractivity contribution in [3.8, 4) is 0 Å². The Balaban J connectivity index is 1.72. The highest BCUT2D eigenvalue weighted by atomic mass is 16.5. The Bertz CT molecular complexity index is 622. The molecule has 0 bridgehead atoms. The molecule has 2 fully saturated rings. The predicted octanol–water partition coefficient (Wildman–Crippen LogP) is 2.87. The Morgan fingerprint density at radius 1 is 1.20 bits per heavy atom. The van der Waals surface area contributed by atoms with E-state index < -0.39 is 6.09 Å². The Morgan fingerprint density at radius 3 is 2.56 bits per heavy atom. The van der Waals surface area contributed by atoms with E-state index in [1.54, 1.807) is 0 Å². The Hall–Kier alpha value is -2.08. The van der Waals surface area contributed by atoms with Gasteiger partial charge in [0, 0.05) is 30.2 Å². The Morgan fingerprint density at radius 2 is 1.92 bits per heavy atom. The topological polar surface area (TPSA) is 84.7 Å². The minimum atomic E-state index is -0.496. The van der Waals surface area contributed by atoms with Gasteiger partial charge in [-0.1, -0.05) is 12.1 Å². The summed E-state index contributed by atoms with van der Waals surface area (Å²) >= 11 is 0. The van der Waals surface area contributed by atoms with Crippen LogP contribution in [0.2, 0.25) is 0 Å². The average molecular weight is 345 g/mol.